The van der Waals surface area contributed by atoms with Gasteiger partial charge in [0.25, 0.3) is 0 Å². The molecule has 98 valence electrons. The normalized spacial score (nSPS) is 30.7. The third kappa shape index (κ3) is 2.31. The first-order valence-corrected chi connectivity index (χ1v) is 7.60. The van der Waals surface area contributed by atoms with E-state index in [4.69, 9.17) is 0 Å². The van der Waals surface area contributed by atoms with Crippen LogP contribution in [0.4, 0.5) is 0 Å². The smallest absolute Gasteiger partial charge is 0.222 e. The number of rotatable bonds is 3. The van der Waals surface area contributed by atoms with Crippen LogP contribution in [0.1, 0.15) is 24.1 Å². The Kier molecular flexibility index (Phi) is 3.39. The van der Waals surface area contributed by atoms with Gasteiger partial charge in [-0.1, -0.05) is 6.07 Å². The van der Waals surface area contributed by atoms with Crippen LogP contribution in [0, 0.1) is 11.8 Å². The summed E-state index contributed by atoms with van der Waals surface area (Å²) < 4.78 is 0. The number of aliphatic hydroxyl groups is 1. The number of carbonyl (C=O) groups excluding carboxylic acids is 1. The highest BCUT2D eigenvalue weighted by molar-refractivity contribution is 7.09. The first-order valence-electron chi connectivity index (χ1n) is 6.72. The van der Waals surface area contributed by atoms with E-state index in [1.54, 1.807) is 11.3 Å². The summed E-state index contributed by atoms with van der Waals surface area (Å²) in [5.74, 6) is 1.14. The van der Waals surface area contributed by atoms with Gasteiger partial charge in [0.1, 0.15) is 0 Å². The number of thiophene rings is 1. The lowest BCUT2D eigenvalue weighted by Crippen LogP contribution is -2.31. The molecular weight excluding hydrogens is 246 g/mol. The molecule has 2 aliphatic rings. The maximum absolute atomic E-state index is 12.1. The second-order valence-electron chi connectivity index (χ2n) is 5.45. The van der Waals surface area contributed by atoms with Gasteiger partial charge in [-0.15, -0.1) is 11.3 Å². The van der Waals surface area contributed by atoms with Gasteiger partial charge in [0, 0.05) is 30.3 Å². The summed E-state index contributed by atoms with van der Waals surface area (Å²) in [4.78, 5) is 15.4. The van der Waals surface area contributed by atoms with E-state index >= 15 is 0 Å². The van der Waals surface area contributed by atoms with E-state index in [-0.39, 0.29) is 12.0 Å². The number of fused-ring (bicyclic) bond motifs is 1. The molecule has 2 heterocycles. The second-order valence-corrected chi connectivity index (χ2v) is 6.48. The zero-order chi connectivity index (χ0) is 12.5. The molecule has 1 N–H and O–H groups in total. The first-order chi connectivity index (χ1) is 8.74. The van der Waals surface area contributed by atoms with Gasteiger partial charge < -0.3 is 10.0 Å². The summed E-state index contributed by atoms with van der Waals surface area (Å²) in [6, 6.07) is 4.11. The Hall–Kier alpha value is -0.870. The van der Waals surface area contributed by atoms with Crippen LogP contribution in [-0.2, 0) is 11.2 Å². The fraction of sp³-hybridized carbons (Fsp3) is 0.643. The van der Waals surface area contributed by atoms with E-state index in [2.05, 4.69) is 11.4 Å². The number of hydrogen-bond donors (Lipinski definition) is 1. The number of nitrogens with zero attached hydrogens (tertiary/aromatic N) is 1. The van der Waals surface area contributed by atoms with Crippen molar-refractivity contribution < 1.29 is 9.90 Å². The van der Waals surface area contributed by atoms with Crippen molar-refractivity contribution in [3.63, 3.8) is 0 Å². The first kappa shape index (κ1) is 12.2. The predicted octanol–water partition coefficient (Wildman–Crippen LogP) is 1.91. The molecular formula is C14H19NO2S. The van der Waals surface area contributed by atoms with Crippen molar-refractivity contribution in [2.45, 2.75) is 31.8 Å². The molecule has 4 heteroatoms. The van der Waals surface area contributed by atoms with Crippen molar-refractivity contribution in [3.8, 4) is 0 Å². The van der Waals surface area contributed by atoms with Crippen LogP contribution in [0.15, 0.2) is 17.5 Å². The van der Waals surface area contributed by atoms with Crippen molar-refractivity contribution in [1.29, 1.82) is 0 Å². The lowest BCUT2D eigenvalue weighted by atomic mass is 10.00. The Labute approximate surface area is 111 Å². The Bertz CT molecular complexity index is 417. The molecule has 1 amide bonds. The summed E-state index contributed by atoms with van der Waals surface area (Å²) >= 11 is 1.71. The fourth-order valence-corrected chi connectivity index (χ4v) is 3.99. The van der Waals surface area contributed by atoms with Crippen molar-refractivity contribution in [1.82, 2.24) is 4.90 Å². The number of aliphatic hydroxyl groups excluding tert-OH is 1. The lowest BCUT2D eigenvalue weighted by Gasteiger charge is -2.18. The molecule has 0 radical (unpaired) electrons. The predicted molar refractivity (Wildman–Crippen MR) is 71.4 cm³/mol. The molecule has 3 rings (SSSR count). The van der Waals surface area contributed by atoms with Crippen LogP contribution in [0.25, 0.3) is 0 Å². The fourth-order valence-electron chi connectivity index (χ4n) is 3.28. The number of likely N-dealkylation sites (tertiary alicyclic amines) is 1. The van der Waals surface area contributed by atoms with Gasteiger partial charge in [-0.05, 0) is 36.6 Å². The summed E-state index contributed by atoms with van der Waals surface area (Å²) in [5.41, 5.74) is 0. The van der Waals surface area contributed by atoms with Gasteiger partial charge in [0.05, 0.1) is 6.10 Å². The Morgan fingerprint density at radius 1 is 1.44 bits per heavy atom. The Balaban J connectivity index is 1.52. The minimum absolute atomic E-state index is 0.176. The van der Waals surface area contributed by atoms with Gasteiger partial charge in [-0.25, -0.2) is 0 Å². The van der Waals surface area contributed by atoms with Gasteiger partial charge in [-0.2, -0.15) is 0 Å². The molecule has 3 atom stereocenters. The quantitative estimate of drug-likeness (QED) is 0.907. The van der Waals surface area contributed by atoms with E-state index in [0.717, 1.165) is 32.4 Å². The zero-order valence-corrected chi connectivity index (χ0v) is 11.2. The van der Waals surface area contributed by atoms with Crippen molar-refractivity contribution in [2.24, 2.45) is 11.8 Å². The molecule has 3 unspecified atom stereocenters. The highest BCUT2D eigenvalue weighted by Gasteiger charge is 2.42. The summed E-state index contributed by atoms with van der Waals surface area (Å²) in [6.45, 7) is 1.64. The van der Waals surface area contributed by atoms with Crippen LogP contribution in [0.2, 0.25) is 0 Å². The molecule has 3 nitrogen and oxygen atoms in total. The van der Waals surface area contributed by atoms with Crippen LogP contribution >= 0.6 is 11.3 Å². The molecule has 0 spiro atoms. The highest BCUT2D eigenvalue weighted by Crippen LogP contribution is 2.38. The molecule has 0 bridgehead atoms. The Morgan fingerprint density at radius 3 is 3.06 bits per heavy atom. The topological polar surface area (TPSA) is 40.5 Å². The third-order valence-electron chi connectivity index (χ3n) is 4.34. The summed E-state index contributed by atoms with van der Waals surface area (Å²) in [5, 5.41) is 11.9. The minimum atomic E-state index is -0.176. The molecule has 2 fully saturated rings. The monoisotopic (exact) mass is 265 g/mol. The standard InChI is InChI=1S/C14H19NO2S/c16-13-5-3-10-8-15(9-12(10)13)14(17)6-4-11-2-1-7-18-11/h1-2,7,10,12-13,16H,3-6,8-9H2. The van der Waals surface area contributed by atoms with Gasteiger partial charge in [-0.3, -0.25) is 4.79 Å². The van der Waals surface area contributed by atoms with Crippen molar-refractivity contribution >= 4 is 17.2 Å². The van der Waals surface area contributed by atoms with E-state index < -0.39 is 0 Å². The molecule has 1 aliphatic carbocycles. The average Bonchev–Trinajstić information content (AvgIpc) is 3.05. The van der Waals surface area contributed by atoms with E-state index in [9.17, 15) is 9.90 Å². The maximum Gasteiger partial charge on any atom is 0.222 e. The maximum atomic E-state index is 12.1. The van der Waals surface area contributed by atoms with Crippen molar-refractivity contribution in [3.05, 3.63) is 22.4 Å². The van der Waals surface area contributed by atoms with Crippen LogP contribution in [0.3, 0.4) is 0 Å². The Morgan fingerprint density at radius 2 is 2.33 bits per heavy atom. The van der Waals surface area contributed by atoms with Gasteiger partial charge in [0.15, 0.2) is 0 Å². The van der Waals surface area contributed by atoms with Crippen molar-refractivity contribution in [2.75, 3.05) is 13.1 Å². The minimum Gasteiger partial charge on any atom is -0.393 e. The SMILES string of the molecule is O=C(CCc1cccs1)N1CC2CCC(O)C2C1. The molecule has 1 aromatic heterocycles. The summed E-state index contributed by atoms with van der Waals surface area (Å²) in [7, 11) is 0. The van der Waals surface area contributed by atoms with E-state index in [1.165, 1.54) is 4.88 Å². The summed E-state index contributed by atoms with van der Waals surface area (Å²) in [6.07, 6.45) is 3.29. The lowest BCUT2D eigenvalue weighted by molar-refractivity contribution is -0.130. The number of carbonyl (C=O) groups is 1. The molecule has 18 heavy (non-hydrogen) atoms. The van der Waals surface area contributed by atoms with Crippen LogP contribution in [-0.4, -0.2) is 35.1 Å². The van der Waals surface area contributed by atoms with E-state index in [1.807, 2.05) is 11.0 Å². The molecule has 1 aliphatic heterocycles. The molecule has 1 saturated carbocycles. The molecule has 0 aromatic carbocycles. The second kappa shape index (κ2) is 5.02. The van der Waals surface area contributed by atoms with Crippen LogP contribution < -0.4 is 0 Å². The number of aryl methyl sites for hydroxylation is 1. The van der Waals surface area contributed by atoms with Crippen LogP contribution in [0.5, 0.6) is 0 Å². The zero-order valence-electron chi connectivity index (χ0n) is 10.4. The largest absolute Gasteiger partial charge is 0.393 e. The molecule has 1 aromatic rings. The highest BCUT2D eigenvalue weighted by atomic mass is 32.1. The van der Waals surface area contributed by atoms with Gasteiger partial charge >= 0.3 is 0 Å². The third-order valence-corrected chi connectivity index (χ3v) is 5.27. The molecule has 1 saturated heterocycles. The van der Waals surface area contributed by atoms with Gasteiger partial charge in [0.2, 0.25) is 5.91 Å². The number of hydrogen-bond acceptors (Lipinski definition) is 3. The average molecular weight is 265 g/mol. The van der Waals surface area contributed by atoms with E-state index in [0.29, 0.717) is 18.3 Å². The number of amides is 1.